The largest absolute Gasteiger partial charge is 0.399 e. The van der Waals surface area contributed by atoms with Gasteiger partial charge in [-0.1, -0.05) is 19.1 Å². The van der Waals surface area contributed by atoms with Gasteiger partial charge in [-0.25, -0.2) is 0 Å². The van der Waals surface area contributed by atoms with E-state index in [2.05, 4.69) is 17.1 Å². The van der Waals surface area contributed by atoms with Gasteiger partial charge in [-0.05, 0) is 45.0 Å². The molecule has 1 aromatic rings. The average Bonchev–Trinajstić information content (AvgIpc) is 2.42. The monoisotopic (exact) mass is 263 g/mol. The van der Waals surface area contributed by atoms with Crippen molar-refractivity contribution in [2.24, 2.45) is 0 Å². The Labute approximate surface area is 116 Å². The molecule has 0 fully saturated rings. The normalized spacial score (nSPS) is 14.2. The summed E-state index contributed by atoms with van der Waals surface area (Å²) in [5.74, 6) is 0.0695. The van der Waals surface area contributed by atoms with Crippen LogP contribution in [0.2, 0.25) is 0 Å². The number of anilines is 1. The van der Waals surface area contributed by atoms with Gasteiger partial charge in [0.05, 0.1) is 6.04 Å². The second-order valence-corrected chi connectivity index (χ2v) is 4.98. The minimum atomic E-state index is -0.164. The third kappa shape index (κ3) is 4.24. The number of carbonyl (C=O) groups excluding carboxylic acids is 1. The highest BCUT2D eigenvalue weighted by atomic mass is 16.2. The molecule has 19 heavy (non-hydrogen) atoms. The number of rotatable bonds is 6. The zero-order chi connectivity index (χ0) is 14.4. The molecule has 0 bridgehead atoms. The maximum Gasteiger partial charge on any atom is 0.237 e. The van der Waals surface area contributed by atoms with Gasteiger partial charge >= 0.3 is 0 Å². The second kappa shape index (κ2) is 7.14. The number of benzene rings is 1. The van der Waals surface area contributed by atoms with Crippen molar-refractivity contribution in [3.63, 3.8) is 0 Å². The number of hydrogen-bond donors (Lipinski definition) is 2. The predicted molar refractivity (Wildman–Crippen MR) is 79.8 cm³/mol. The highest BCUT2D eigenvalue weighted by molar-refractivity contribution is 5.81. The number of carbonyl (C=O) groups is 1. The number of nitrogens with two attached hydrogens (primary N) is 1. The van der Waals surface area contributed by atoms with Crippen LogP contribution in [0.1, 0.15) is 38.8 Å². The SMILES string of the molecule is CCCNC(=O)C(C)N(C)C(C)c1cccc(N)c1. The molecular weight excluding hydrogens is 238 g/mol. The number of hydrogen-bond acceptors (Lipinski definition) is 3. The molecule has 4 nitrogen and oxygen atoms in total. The summed E-state index contributed by atoms with van der Waals surface area (Å²) < 4.78 is 0. The highest BCUT2D eigenvalue weighted by Gasteiger charge is 2.22. The number of amides is 1. The van der Waals surface area contributed by atoms with Crippen molar-refractivity contribution in [2.75, 3.05) is 19.3 Å². The quantitative estimate of drug-likeness (QED) is 0.773. The number of nitrogen functional groups attached to an aromatic ring is 1. The van der Waals surface area contributed by atoms with Crippen LogP contribution in [0, 0.1) is 0 Å². The molecule has 3 N–H and O–H groups in total. The minimum absolute atomic E-state index is 0.0695. The van der Waals surface area contributed by atoms with Crippen LogP contribution >= 0.6 is 0 Å². The molecular formula is C15H25N3O. The lowest BCUT2D eigenvalue weighted by Gasteiger charge is -2.30. The van der Waals surface area contributed by atoms with Gasteiger partial charge in [0.25, 0.3) is 0 Å². The molecule has 2 atom stereocenters. The lowest BCUT2D eigenvalue weighted by Crippen LogP contribution is -2.44. The van der Waals surface area contributed by atoms with E-state index in [0.29, 0.717) is 0 Å². The van der Waals surface area contributed by atoms with E-state index >= 15 is 0 Å². The fraction of sp³-hybridized carbons (Fsp3) is 0.533. The first kappa shape index (κ1) is 15.5. The Morgan fingerprint density at radius 1 is 1.42 bits per heavy atom. The first-order chi connectivity index (χ1) is 8.97. The third-order valence-electron chi connectivity index (χ3n) is 3.54. The lowest BCUT2D eigenvalue weighted by atomic mass is 10.0. The van der Waals surface area contributed by atoms with Gasteiger partial charge in [0, 0.05) is 18.3 Å². The van der Waals surface area contributed by atoms with Crippen molar-refractivity contribution < 1.29 is 4.79 Å². The van der Waals surface area contributed by atoms with E-state index in [0.717, 1.165) is 24.2 Å². The summed E-state index contributed by atoms with van der Waals surface area (Å²) in [6, 6.07) is 7.78. The Balaban J connectivity index is 2.70. The van der Waals surface area contributed by atoms with E-state index < -0.39 is 0 Å². The number of nitrogens with zero attached hydrogens (tertiary/aromatic N) is 1. The summed E-state index contributed by atoms with van der Waals surface area (Å²) in [4.78, 5) is 14.0. The summed E-state index contributed by atoms with van der Waals surface area (Å²) in [5, 5.41) is 2.93. The van der Waals surface area contributed by atoms with Crippen LogP contribution < -0.4 is 11.1 Å². The first-order valence-electron chi connectivity index (χ1n) is 6.82. The number of nitrogens with one attached hydrogen (secondary N) is 1. The van der Waals surface area contributed by atoms with Crippen LogP contribution in [0.3, 0.4) is 0 Å². The van der Waals surface area contributed by atoms with Crippen LogP contribution in [0.25, 0.3) is 0 Å². The molecule has 106 valence electrons. The van der Waals surface area contributed by atoms with E-state index in [1.807, 2.05) is 45.2 Å². The average molecular weight is 263 g/mol. The maximum atomic E-state index is 12.0. The molecule has 0 saturated carbocycles. The standard InChI is InChI=1S/C15H25N3O/c1-5-9-17-15(19)12(3)18(4)11(2)13-7-6-8-14(16)10-13/h6-8,10-12H,5,9,16H2,1-4H3,(H,17,19). The Bertz CT molecular complexity index is 420. The van der Waals surface area contributed by atoms with Crippen molar-refractivity contribution in [2.45, 2.75) is 39.3 Å². The number of likely N-dealkylation sites (N-methyl/N-ethyl adjacent to an activating group) is 1. The topological polar surface area (TPSA) is 58.4 Å². The zero-order valence-electron chi connectivity index (χ0n) is 12.3. The van der Waals surface area contributed by atoms with Crippen LogP contribution in [-0.4, -0.2) is 30.4 Å². The maximum absolute atomic E-state index is 12.0. The summed E-state index contributed by atoms with van der Waals surface area (Å²) in [6.45, 7) is 6.78. The Morgan fingerprint density at radius 3 is 2.68 bits per heavy atom. The van der Waals surface area contributed by atoms with Crippen LogP contribution in [0.5, 0.6) is 0 Å². The van der Waals surface area contributed by atoms with Crippen molar-refractivity contribution in [1.82, 2.24) is 10.2 Å². The molecule has 0 radical (unpaired) electrons. The van der Waals surface area contributed by atoms with Gasteiger partial charge in [-0.2, -0.15) is 0 Å². The summed E-state index contributed by atoms with van der Waals surface area (Å²) in [7, 11) is 1.96. The predicted octanol–water partition coefficient (Wildman–Crippen LogP) is 2.18. The molecule has 2 unspecified atom stereocenters. The molecule has 0 heterocycles. The van der Waals surface area contributed by atoms with Crippen LogP contribution in [-0.2, 0) is 4.79 Å². The van der Waals surface area contributed by atoms with Crippen molar-refractivity contribution in [3.05, 3.63) is 29.8 Å². The van der Waals surface area contributed by atoms with E-state index in [1.165, 1.54) is 0 Å². The fourth-order valence-electron chi connectivity index (χ4n) is 1.97. The first-order valence-corrected chi connectivity index (χ1v) is 6.82. The molecule has 0 aromatic heterocycles. The molecule has 1 rings (SSSR count). The molecule has 0 spiro atoms. The van der Waals surface area contributed by atoms with Crippen molar-refractivity contribution in [3.8, 4) is 0 Å². The van der Waals surface area contributed by atoms with Gasteiger partial charge in [-0.15, -0.1) is 0 Å². The van der Waals surface area contributed by atoms with E-state index in [-0.39, 0.29) is 18.0 Å². The van der Waals surface area contributed by atoms with Gasteiger partial charge in [-0.3, -0.25) is 9.69 Å². The Morgan fingerprint density at radius 2 is 2.11 bits per heavy atom. The minimum Gasteiger partial charge on any atom is -0.399 e. The van der Waals surface area contributed by atoms with Gasteiger partial charge < -0.3 is 11.1 Å². The van der Waals surface area contributed by atoms with Gasteiger partial charge in [0.2, 0.25) is 5.91 Å². The second-order valence-electron chi connectivity index (χ2n) is 4.98. The Kier molecular flexibility index (Phi) is 5.83. The molecule has 4 heteroatoms. The third-order valence-corrected chi connectivity index (χ3v) is 3.54. The van der Waals surface area contributed by atoms with Crippen molar-refractivity contribution >= 4 is 11.6 Å². The summed E-state index contributed by atoms with van der Waals surface area (Å²) in [6.07, 6.45) is 0.951. The van der Waals surface area contributed by atoms with Gasteiger partial charge in [0.1, 0.15) is 0 Å². The molecule has 1 amide bonds. The molecule has 0 aliphatic rings. The molecule has 0 saturated heterocycles. The summed E-state index contributed by atoms with van der Waals surface area (Å²) in [5.41, 5.74) is 7.67. The molecule has 0 aliphatic heterocycles. The summed E-state index contributed by atoms with van der Waals surface area (Å²) >= 11 is 0. The van der Waals surface area contributed by atoms with Crippen LogP contribution in [0.15, 0.2) is 24.3 Å². The van der Waals surface area contributed by atoms with E-state index in [9.17, 15) is 4.79 Å². The molecule has 1 aromatic carbocycles. The van der Waals surface area contributed by atoms with E-state index in [4.69, 9.17) is 5.73 Å². The molecule has 0 aliphatic carbocycles. The lowest BCUT2D eigenvalue weighted by molar-refractivity contribution is -0.126. The van der Waals surface area contributed by atoms with Crippen LogP contribution in [0.4, 0.5) is 5.69 Å². The van der Waals surface area contributed by atoms with Gasteiger partial charge in [0.15, 0.2) is 0 Å². The van der Waals surface area contributed by atoms with Crippen molar-refractivity contribution in [1.29, 1.82) is 0 Å². The Hall–Kier alpha value is -1.55. The highest BCUT2D eigenvalue weighted by Crippen LogP contribution is 2.22. The van der Waals surface area contributed by atoms with E-state index in [1.54, 1.807) is 0 Å². The fourth-order valence-corrected chi connectivity index (χ4v) is 1.97. The smallest absolute Gasteiger partial charge is 0.237 e. The zero-order valence-corrected chi connectivity index (χ0v) is 12.3.